The number of hydrogen-bond donors (Lipinski definition) is 0. The predicted octanol–water partition coefficient (Wildman–Crippen LogP) is 4.27. The first-order valence-corrected chi connectivity index (χ1v) is 8.89. The summed E-state index contributed by atoms with van der Waals surface area (Å²) >= 11 is 0. The second kappa shape index (κ2) is 8.84. The first-order chi connectivity index (χ1) is 10.8. The Hall–Kier alpha value is -0.870. The third kappa shape index (κ3) is 5.92. The molecule has 0 aromatic carbocycles. The molecule has 1 rings (SSSR count). The van der Waals surface area contributed by atoms with Crippen molar-refractivity contribution in [3.05, 3.63) is 12.7 Å². The molecule has 0 N–H and O–H groups in total. The predicted molar refractivity (Wildman–Crippen MR) is 92.4 cm³/mol. The van der Waals surface area contributed by atoms with E-state index in [2.05, 4.69) is 27.4 Å². The molecule has 4 atom stereocenters. The van der Waals surface area contributed by atoms with Gasteiger partial charge >= 0.3 is 5.97 Å². The smallest absolute Gasteiger partial charge is 0.330 e. The van der Waals surface area contributed by atoms with Crippen LogP contribution in [0.3, 0.4) is 0 Å². The van der Waals surface area contributed by atoms with Gasteiger partial charge in [-0.15, -0.1) is 0 Å². The quantitative estimate of drug-likeness (QED) is 0.444. The van der Waals surface area contributed by atoms with Crippen molar-refractivity contribution < 1.29 is 19.0 Å². The van der Waals surface area contributed by atoms with Crippen molar-refractivity contribution in [2.24, 2.45) is 5.92 Å². The molecule has 0 bridgehead atoms. The lowest BCUT2D eigenvalue weighted by atomic mass is 9.87. The Morgan fingerprint density at radius 3 is 2.57 bits per heavy atom. The van der Waals surface area contributed by atoms with Gasteiger partial charge in [0.15, 0.2) is 0 Å². The van der Waals surface area contributed by atoms with E-state index in [4.69, 9.17) is 14.2 Å². The first-order valence-electron chi connectivity index (χ1n) is 8.89. The van der Waals surface area contributed by atoms with Crippen molar-refractivity contribution in [3.63, 3.8) is 0 Å². The van der Waals surface area contributed by atoms with Crippen molar-refractivity contribution in [2.45, 2.75) is 84.0 Å². The van der Waals surface area contributed by atoms with E-state index in [1.165, 1.54) is 6.08 Å². The van der Waals surface area contributed by atoms with Crippen molar-refractivity contribution in [3.8, 4) is 0 Å². The zero-order chi connectivity index (χ0) is 17.5. The average Bonchev–Trinajstić information content (AvgIpc) is 3.04. The molecule has 1 aliphatic heterocycles. The summed E-state index contributed by atoms with van der Waals surface area (Å²) in [7, 11) is 0. The van der Waals surface area contributed by atoms with Crippen LogP contribution in [0.1, 0.15) is 66.7 Å². The summed E-state index contributed by atoms with van der Waals surface area (Å²) in [5.74, 6) is -0.273. The molecule has 1 heterocycles. The maximum atomic E-state index is 11.6. The number of carbonyl (C=O) groups is 1. The van der Waals surface area contributed by atoms with Crippen LogP contribution in [0.15, 0.2) is 12.7 Å². The van der Waals surface area contributed by atoms with Crippen molar-refractivity contribution in [1.82, 2.24) is 0 Å². The lowest BCUT2D eigenvalue weighted by molar-refractivity contribution is -0.164. The van der Waals surface area contributed by atoms with E-state index in [1.807, 2.05) is 13.8 Å². The minimum Gasteiger partial charge on any atom is -0.456 e. The standard InChI is InChI=1S/C19H34O4/c1-7-17(20)23-19(6,9-3)15(4)14-22-18(5,8-2)13-16-11-10-12-21-16/h7,15-16H,1,8-14H2,2-6H3. The minimum atomic E-state index is -0.538. The third-order valence-corrected chi connectivity index (χ3v) is 5.36. The Balaban J connectivity index is 2.60. The van der Waals surface area contributed by atoms with Crippen LogP contribution >= 0.6 is 0 Å². The highest BCUT2D eigenvalue weighted by molar-refractivity contribution is 5.81. The van der Waals surface area contributed by atoms with Crippen LogP contribution in [0.5, 0.6) is 0 Å². The van der Waals surface area contributed by atoms with Crippen molar-refractivity contribution in [2.75, 3.05) is 13.2 Å². The molecular formula is C19H34O4. The average molecular weight is 326 g/mol. The highest BCUT2D eigenvalue weighted by Gasteiger charge is 2.36. The summed E-state index contributed by atoms with van der Waals surface area (Å²) in [6.07, 6.45) is 6.40. The van der Waals surface area contributed by atoms with Gasteiger partial charge in [-0.05, 0) is 39.5 Å². The molecule has 134 valence electrons. The van der Waals surface area contributed by atoms with E-state index in [0.717, 1.165) is 38.7 Å². The van der Waals surface area contributed by atoms with Crippen LogP contribution in [0.25, 0.3) is 0 Å². The molecule has 0 radical (unpaired) electrons. The largest absolute Gasteiger partial charge is 0.456 e. The van der Waals surface area contributed by atoms with E-state index in [1.54, 1.807) is 0 Å². The number of hydrogen-bond acceptors (Lipinski definition) is 4. The SMILES string of the molecule is C=CC(=O)OC(C)(CC)C(C)COC(C)(CC)CC1CCCO1. The van der Waals surface area contributed by atoms with Crippen molar-refractivity contribution >= 4 is 5.97 Å². The first kappa shape index (κ1) is 20.2. The lowest BCUT2D eigenvalue weighted by Gasteiger charge is -2.37. The van der Waals surface area contributed by atoms with Gasteiger partial charge in [-0.2, -0.15) is 0 Å². The molecule has 23 heavy (non-hydrogen) atoms. The van der Waals surface area contributed by atoms with E-state index in [9.17, 15) is 4.79 Å². The van der Waals surface area contributed by atoms with Crippen molar-refractivity contribution in [1.29, 1.82) is 0 Å². The highest BCUT2D eigenvalue weighted by atomic mass is 16.6. The summed E-state index contributed by atoms with van der Waals surface area (Å²) in [5.41, 5.74) is -0.732. The molecule has 0 aliphatic carbocycles. The second-order valence-corrected chi connectivity index (χ2v) is 7.15. The summed E-state index contributed by atoms with van der Waals surface area (Å²) < 4.78 is 17.6. The fourth-order valence-electron chi connectivity index (χ4n) is 2.89. The van der Waals surface area contributed by atoms with Gasteiger partial charge in [0.05, 0.1) is 18.3 Å². The summed E-state index contributed by atoms with van der Waals surface area (Å²) in [6, 6.07) is 0. The molecule has 0 spiro atoms. The van der Waals surface area contributed by atoms with Gasteiger partial charge in [-0.1, -0.05) is 27.4 Å². The second-order valence-electron chi connectivity index (χ2n) is 7.15. The molecule has 4 heteroatoms. The molecule has 0 aromatic heterocycles. The van der Waals surface area contributed by atoms with Crippen LogP contribution < -0.4 is 0 Å². The van der Waals surface area contributed by atoms with Crippen LogP contribution in [0, 0.1) is 5.92 Å². The Kier molecular flexibility index (Phi) is 7.75. The van der Waals surface area contributed by atoms with Crippen LogP contribution in [-0.4, -0.2) is 36.5 Å². The molecule has 1 aliphatic rings. The minimum absolute atomic E-state index is 0.103. The normalized spacial score (nSPS) is 24.5. The summed E-state index contributed by atoms with van der Waals surface area (Å²) in [6.45, 7) is 15.3. The monoisotopic (exact) mass is 326 g/mol. The number of carbonyl (C=O) groups excluding carboxylic acids is 1. The molecule has 4 nitrogen and oxygen atoms in total. The lowest BCUT2D eigenvalue weighted by Crippen LogP contribution is -2.42. The summed E-state index contributed by atoms with van der Waals surface area (Å²) in [5, 5.41) is 0. The van der Waals surface area contributed by atoms with E-state index in [-0.39, 0.29) is 17.5 Å². The Morgan fingerprint density at radius 2 is 2.09 bits per heavy atom. The van der Waals surface area contributed by atoms with E-state index < -0.39 is 5.60 Å². The van der Waals surface area contributed by atoms with Crippen LogP contribution in [0.4, 0.5) is 0 Å². The Labute approximate surface area is 141 Å². The third-order valence-electron chi connectivity index (χ3n) is 5.36. The van der Waals surface area contributed by atoms with Gasteiger partial charge < -0.3 is 14.2 Å². The van der Waals surface area contributed by atoms with Gasteiger partial charge in [0.1, 0.15) is 5.60 Å². The molecule has 4 unspecified atom stereocenters. The Bertz CT molecular complexity index is 389. The zero-order valence-corrected chi connectivity index (χ0v) is 15.5. The topological polar surface area (TPSA) is 44.8 Å². The highest BCUT2D eigenvalue weighted by Crippen LogP contribution is 2.31. The molecule has 0 aromatic rings. The Morgan fingerprint density at radius 1 is 1.39 bits per heavy atom. The van der Waals surface area contributed by atoms with Gasteiger partial charge in [-0.3, -0.25) is 0 Å². The molecule has 1 fully saturated rings. The van der Waals surface area contributed by atoms with Crippen LogP contribution in [0.2, 0.25) is 0 Å². The molecular weight excluding hydrogens is 292 g/mol. The number of ether oxygens (including phenoxy) is 3. The number of rotatable bonds is 10. The van der Waals surface area contributed by atoms with Gasteiger partial charge in [0.25, 0.3) is 0 Å². The fourth-order valence-corrected chi connectivity index (χ4v) is 2.89. The number of esters is 1. The molecule has 1 saturated heterocycles. The van der Waals surface area contributed by atoms with Gasteiger partial charge in [0, 0.05) is 25.0 Å². The summed E-state index contributed by atoms with van der Waals surface area (Å²) in [4.78, 5) is 11.6. The van der Waals surface area contributed by atoms with Gasteiger partial charge in [-0.25, -0.2) is 4.79 Å². The maximum Gasteiger partial charge on any atom is 0.330 e. The maximum absolute atomic E-state index is 11.6. The molecule has 0 saturated carbocycles. The molecule has 0 amide bonds. The zero-order valence-electron chi connectivity index (χ0n) is 15.5. The van der Waals surface area contributed by atoms with E-state index >= 15 is 0 Å². The fraction of sp³-hybridized carbons (Fsp3) is 0.842. The van der Waals surface area contributed by atoms with E-state index in [0.29, 0.717) is 12.7 Å². The van der Waals surface area contributed by atoms with Crippen LogP contribution in [-0.2, 0) is 19.0 Å². The van der Waals surface area contributed by atoms with Gasteiger partial charge in [0.2, 0.25) is 0 Å².